The monoisotopic (exact) mass is 297 g/mol. The van der Waals surface area contributed by atoms with E-state index < -0.39 is 0 Å². The maximum atomic E-state index is 11.6. The van der Waals surface area contributed by atoms with Crippen LogP contribution in [0.25, 0.3) is 0 Å². The lowest BCUT2D eigenvalue weighted by Crippen LogP contribution is -2.18. The molecule has 0 N–H and O–H groups in total. The van der Waals surface area contributed by atoms with Crippen LogP contribution >= 0.6 is 0 Å². The summed E-state index contributed by atoms with van der Waals surface area (Å²) in [6, 6.07) is 15.1. The van der Waals surface area contributed by atoms with E-state index in [9.17, 15) is 4.79 Å². The largest absolute Gasteiger partial charge is 0.465 e. The Labute approximate surface area is 130 Å². The summed E-state index contributed by atoms with van der Waals surface area (Å²) in [4.78, 5) is 13.9. The highest BCUT2D eigenvalue weighted by Crippen LogP contribution is 2.34. The smallest absolute Gasteiger partial charge is 0.337 e. The van der Waals surface area contributed by atoms with Gasteiger partial charge >= 0.3 is 5.97 Å². The molecular weight excluding hydrogens is 278 g/mol. The molecule has 1 aliphatic heterocycles. The number of anilines is 1. The molecule has 114 valence electrons. The molecule has 1 fully saturated rings. The van der Waals surface area contributed by atoms with Gasteiger partial charge in [0.05, 0.1) is 18.4 Å². The Balaban J connectivity index is 1.85. The first kappa shape index (κ1) is 14.4. The number of methoxy groups -OCH3 is 1. The highest BCUT2D eigenvalue weighted by atomic mass is 16.5. The van der Waals surface area contributed by atoms with E-state index in [2.05, 4.69) is 11.0 Å². The zero-order chi connectivity index (χ0) is 15.4. The van der Waals surface area contributed by atoms with E-state index >= 15 is 0 Å². The van der Waals surface area contributed by atoms with Gasteiger partial charge in [-0.1, -0.05) is 18.2 Å². The van der Waals surface area contributed by atoms with Crippen molar-refractivity contribution in [2.24, 2.45) is 0 Å². The van der Waals surface area contributed by atoms with Crippen LogP contribution in [0.3, 0.4) is 0 Å². The van der Waals surface area contributed by atoms with E-state index in [1.165, 1.54) is 20.0 Å². The normalized spacial score (nSPS) is 14.0. The summed E-state index contributed by atoms with van der Waals surface area (Å²) < 4.78 is 10.8. The fraction of sp³-hybridized carbons (Fsp3) is 0.278. The summed E-state index contributed by atoms with van der Waals surface area (Å²) in [5, 5.41) is 0. The highest BCUT2D eigenvalue weighted by Gasteiger charge is 2.16. The van der Waals surface area contributed by atoms with Gasteiger partial charge in [0.1, 0.15) is 5.75 Å². The van der Waals surface area contributed by atoms with Crippen LogP contribution in [0.1, 0.15) is 23.2 Å². The van der Waals surface area contributed by atoms with Crippen molar-refractivity contribution >= 4 is 11.7 Å². The molecule has 0 bridgehead atoms. The van der Waals surface area contributed by atoms with Gasteiger partial charge in [-0.3, -0.25) is 0 Å². The zero-order valence-corrected chi connectivity index (χ0v) is 12.6. The van der Waals surface area contributed by atoms with E-state index in [0.717, 1.165) is 24.5 Å². The fourth-order valence-electron chi connectivity index (χ4n) is 2.69. The Bertz CT molecular complexity index is 663. The molecule has 3 rings (SSSR count). The van der Waals surface area contributed by atoms with Gasteiger partial charge in [0.25, 0.3) is 0 Å². The van der Waals surface area contributed by atoms with Crippen LogP contribution < -0.4 is 9.64 Å². The van der Waals surface area contributed by atoms with Gasteiger partial charge in [0.2, 0.25) is 0 Å². The summed E-state index contributed by atoms with van der Waals surface area (Å²) in [7, 11) is 1.37. The quantitative estimate of drug-likeness (QED) is 0.803. The number of ether oxygens (including phenoxy) is 2. The van der Waals surface area contributed by atoms with Gasteiger partial charge in [-0.05, 0) is 43.2 Å². The van der Waals surface area contributed by atoms with Gasteiger partial charge in [-0.15, -0.1) is 0 Å². The first-order valence-corrected chi connectivity index (χ1v) is 7.48. The predicted octanol–water partition coefficient (Wildman–Crippen LogP) is 3.87. The van der Waals surface area contributed by atoms with Gasteiger partial charge in [-0.25, -0.2) is 4.79 Å². The first-order chi connectivity index (χ1) is 10.8. The Morgan fingerprint density at radius 2 is 1.82 bits per heavy atom. The Hall–Kier alpha value is -2.49. The van der Waals surface area contributed by atoms with Gasteiger partial charge < -0.3 is 14.4 Å². The zero-order valence-electron chi connectivity index (χ0n) is 12.6. The van der Waals surface area contributed by atoms with E-state index in [0.29, 0.717) is 11.3 Å². The van der Waals surface area contributed by atoms with E-state index in [1.807, 2.05) is 24.3 Å². The van der Waals surface area contributed by atoms with Crippen LogP contribution in [-0.4, -0.2) is 26.2 Å². The van der Waals surface area contributed by atoms with E-state index in [4.69, 9.17) is 9.47 Å². The molecule has 0 aliphatic carbocycles. The maximum Gasteiger partial charge on any atom is 0.337 e. The van der Waals surface area contributed by atoms with Crippen molar-refractivity contribution in [1.29, 1.82) is 0 Å². The second-order valence-corrected chi connectivity index (χ2v) is 5.28. The molecule has 0 aromatic heterocycles. The second-order valence-electron chi connectivity index (χ2n) is 5.28. The molecule has 4 heteroatoms. The average Bonchev–Trinajstić information content (AvgIpc) is 3.09. The molecule has 0 amide bonds. The number of para-hydroxylation sites is 2. The summed E-state index contributed by atoms with van der Waals surface area (Å²) in [6.07, 6.45) is 2.43. The molecule has 2 aromatic rings. The summed E-state index contributed by atoms with van der Waals surface area (Å²) >= 11 is 0. The predicted molar refractivity (Wildman–Crippen MR) is 85.7 cm³/mol. The SMILES string of the molecule is COC(=O)c1cccc(Oc2ccccc2N2CCCC2)c1. The summed E-state index contributed by atoms with van der Waals surface area (Å²) in [5.41, 5.74) is 1.59. The second kappa shape index (κ2) is 6.52. The van der Waals surface area contributed by atoms with Crippen LogP contribution in [0.4, 0.5) is 5.69 Å². The number of rotatable bonds is 4. The lowest BCUT2D eigenvalue weighted by Gasteiger charge is -2.21. The number of nitrogens with zero attached hydrogens (tertiary/aromatic N) is 1. The van der Waals surface area contributed by atoms with Crippen LogP contribution in [0.15, 0.2) is 48.5 Å². The number of hydrogen-bond acceptors (Lipinski definition) is 4. The lowest BCUT2D eigenvalue weighted by molar-refractivity contribution is 0.0600. The molecule has 4 nitrogen and oxygen atoms in total. The van der Waals surface area contributed by atoms with Crippen LogP contribution in [0.5, 0.6) is 11.5 Å². The number of hydrogen-bond donors (Lipinski definition) is 0. The first-order valence-electron chi connectivity index (χ1n) is 7.48. The fourth-order valence-corrected chi connectivity index (χ4v) is 2.69. The van der Waals surface area contributed by atoms with Crippen LogP contribution in [0, 0.1) is 0 Å². The van der Waals surface area contributed by atoms with Gasteiger partial charge in [0, 0.05) is 13.1 Å². The Morgan fingerprint density at radius 1 is 1.05 bits per heavy atom. The third-order valence-electron chi connectivity index (χ3n) is 3.79. The number of esters is 1. The lowest BCUT2D eigenvalue weighted by atomic mass is 10.2. The van der Waals surface area contributed by atoms with Crippen molar-refractivity contribution in [3.63, 3.8) is 0 Å². The van der Waals surface area contributed by atoms with Crippen LogP contribution in [0.2, 0.25) is 0 Å². The average molecular weight is 297 g/mol. The van der Waals surface area contributed by atoms with Crippen molar-refractivity contribution in [2.75, 3.05) is 25.1 Å². The van der Waals surface area contributed by atoms with Crippen molar-refractivity contribution in [1.82, 2.24) is 0 Å². The third kappa shape index (κ3) is 3.06. The highest BCUT2D eigenvalue weighted by molar-refractivity contribution is 5.89. The summed E-state index contributed by atoms with van der Waals surface area (Å²) in [5.74, 6) is 1.08. The Kier molecular flexibility index (Phi) is 4.28. The molecule has 0 saturated carbocycles. The minimum Gasteiger partial charge on any atom is -0.465 e. The minimum atomic E-state index is -0.363. The van der Waals surface area contributed by atoms with Crippen LogP contribution in [-0.2, 0) is 4.74 Å². The molecule has 0 radical (unpaired) electrons. The van der Waals surface area contributed by atoms with E-state index in [1.54, 1.807) is 18.2 Å². The molecule has 1 saturated heterocycles. The molecule has 2 aromatic carbocycles. The number of benzene rings is 2. The molecule has 0 atom stereocenters. The van der Waals surface area contributed by atoms with Gasteiger partial charge in [-0.2, -0.15) is 0 Å². The van der Waals surface area contributed by atoms with Crippen molar-refractivity contribution < 1.29 is 14.3 Å². The van der Waals surface area contributed by atoms with E-state index in [-0.39, 0.29) is 5.97 Å². The molecule has 22 heavy (non-hydrogen) atoms. The third-order valence-corrected chi connectivity index (χ3v) is 3.79. The topological polar surface area (TPSA) is 38.8 Å². The molecule has 0 unspecified atom stereocenters. The van der Waals surface area contributed by atoms with Crippen molar-refractivity contribution in [3.8, 4) is 11.5 Å². The standard InChI is InChI=1S/C18H19NO3/c1-21-18(20)14-7-6-8-15(13-14)22-17-10-3-2-9-16(17)19-11-4-5-12-19/h2-3,6-10,13H,4-5,11-12H2,1H3. The minimum absolute atomic E-state index is 0.363. The van der Waals surface area contributed by atoms with Gasteiger partial charge in [0.15, 0.2) is 5.75 Å². The van der Waals surface area contributed by atoms with Crippen molar-refractivity contribution in [3.05, 3.63) is 54.1 Å². The molecule has 0 spiro atoms. The number of carbonyl (C=O) groups is 1. The molecule has 1 heterocycles. The number of carbonyl (C=O) groups excluding carboxylic acids is 1. The maximum absolute atomic E-state index is 11.6. The molecular formula is C18H19NO3. The Morgan fingerprint density at radius 3 is 2.59 bits per heavy atom. The van der Waals surface area contributed by atoms with Crippen molar-refractivity contribution in [2.45, 2.75) is 12.8 Å². The summed E-state index contributed by atoms with van der Waals surface area (Å²) in [6.45, 7) is 2.12. The molecule has 1 aliphatic rings.